The van der Waals surface area contributed by atoms with Crippen LogP contribution in [0.4, 0.5) is 17.1 Å². The van der Waals surface area contributed by atoms with Gasteiger partial charge in [-0.25, -0.2) is 0 Å². The number of nitrogens with zero attached hydrogens (tertiary/aromatic N) is 1. The third kappa shape index (κ3) is 4.87. The van der Waals surface area contributed by atoms with Crippen molar-refractivity contribution in [1.29, 1.82) is 0 Å². The zero-order chi connectivity index (χ0) is 37.5. The average molecular weight is 748 g/mol. The van der Waals surface area contributed by atoms with E-state index < -0.39 is 0 Å². The Balaban J connectivity index is 1.15. The largest absolute Gasteiger partial charge is 0.309 e. The molecule has 0 amide bonds. The molecule has 272 valence electrons. The molecule has 9 aromatic rings. The minimum Gasteiger partial charge on any atom is -0.309 e. The van der Waals surface area contributed by atoms with Gasteiger partial charge in [-0.3, -0.25) is 0 Å². The minimum atomic E-state index is 0.0882. The van der Waals surface area contributed by atoms with Crippen LogP contribution in [-0.4, -0.2) is 0 Å². The maximum Gasteiger partial charge on any atom is 0.0555 e. The summed E-state index contributed by atoms with van der Waals surface area (Å²) in [6.45, 7) is 0. The highest BCUT2D eigenvalue weighted by Crippen LogP contribution is 2.67. The topological polar surface area (TPSA) is 3.24 Å². The van der Waals surface area contributed by atoms with Crippen molar-refractivity contribution in [2.75, 3.05) is 4.90 Å². The fraction of sp³-hybridized carbons (Fsp3) is 0.127. The first-order valence-electron chi connectivity index (χ1n) is 20.5. The molecule has 2 bridgehead atoms. The van der Waals surface area contributed by atoms with Gasteiger partial charge in [-0.05, 0) is 106 Å². The Hall–Kier alpha value is -6.22. The average Bonchev–Trinajstić information content (AvgIpc) is 4.06. The minimum absolute atomic E-state index is 0.0882. The molecule has 2 saturated carbocycles. The third-order valence-electron chi connectivity index (χ3n) is 13.6. The number of benzene rings is 8. The Morgan fingerprint density at radius 2 is 1.02 bits per heavy atom. The standard InChI is InChI=1S/C55H41NS/c1-2-16-37(17-3-1)39-18-4-5-19-40(39)41-20-6-7-21-42(41)43-22-9-12-27-48(43)56(50-29-15-31-52-54(50)45-24-10-13-30-51(45)57-52)49-28-14-26-47-53(49)44-23-8-11-25-46(44)55(47)35-36-32-33-38(55)34-36/h1-31,36,38H,32-35H2. The molecule has 3 unspecified atom stereocenters. The van der Waals surface area contributed by atoms with E-state index in [9.17, 15) is 0 Å². The molecular formula is C55H41NS. The number of fused-ring (bicyclic) bond motifs is 11. The van der Waals surface area contributed by atoms with E-state index in [1.54, 1.807) is 5.56 Å². The van der Waals surface area contributed by atoms with Crippen LogP contribution in [0.25, 0.3) is 64.7 Å². The molecule has 0 saturated heterocycles. The fourth-order valence-corrected chi connectivity index (χ4v) is 12.5. The van der Waals surface area contributed by atoms with Crippen molar-refractivity contribution in [3.63, 3.8) is 0 Å². The maximum absolute atomic E-state index is 2.64. The molecule has 0 N–H and O–H groups in total. The molecule has 1 aromatic heterocycles. The maximum atomic E-state index is 2.64. The Morgan fingerprint density at radius 3 is 1.81 bits per heavy atom. The summed E-state index contributed by atoms with van der Waals surface area (Å²) < 4.78 is 2.63. The quantitative estimate of drug-likeness (QED) is 0.164. The first-order chi connectivity index (χ1) is 28.3. The molecule has 8 aromatic carbocycles. The molecule has 1 nitrogen and oxygen atoms in total. The third-order valence-corrected chi connectivity index (χ3v) is 14.7. The van der Waals surface area contributed by atoms with Crippen molar-refractivity contribution in [3.05, 3.63) is 199 Å². The van der Waals surface area contributed by atoms with Gasteiger partial charge in [-0.2, -0.15) is 0 Å². The number of anilines is 3. The summed E-state index contributed by atoms with van der Waals surface area (Å²) in [5.41, 5.74) is 17.0. The van der Waals surface area contributed by atoms with Gasteiger partial charge in [0.15, 0.2) is 0 Å². The number of rotatable bonds is 6. The van der Waals surface area contributed by atoms with Crippen molar-refractivity contribution in [2.24, 2.45) is 11.8 Å². The molecule has 2 fully saturated rings. The van der Waals surface area contributed by atoms with Gasteiger partial charge in [-0.15, -0.1) is 11.3 Å². The molecule has 1 spiro atoms. The normalized spacial score (nSPS) is 19.0. The van der Waals surface area contributed by atoms with Crippen LogP contribution >= 0.6 is 11.3 Å². The van der Waals surface area contributed by atoms with Crippen LogP contribution in [-0.2, 0) is 5.41 Å². The highest BCUT2D eigenvalue weighted by molar-refractivity contribution is 7.26. The van der Waals surface area contributed by atoms with Crippen molar-refractivity contribution in [2.45, 2.75) is 31.1 Å². The lowest BCUT2D eigenvalue weighted by Gasteiger charge is -2.37. The second-order valence-electron chi connectivity index (χ2n) is 16.4. The molecule has 57 heavy (non-hydrogen) atoms. The van der Waals surface area contributed by atoms with Gasteiger partial charge in [0.05, 0.1) is 17.1 Å². The molecule has 3 aliphatic rings. The number of para-hydroxylation sites is 1. The summed E-state index contributed by atoms with van der Waals surface area (Å²) in [6.07, 6.45) is 5.33. The van der Waals surface area contributed by atoms with E-state index in [2.05, 4.69) is 193 Å². The van der Waals surface area contributed by atoms with Crippen molar-refractivity contribution in [3.8, 4) is 44.5 Å². The Morgan fingerprint density at radius 1 is 0.439 bits per heavy atom. The van der Waals surface area contributed by atoms with Crippen LogP contribution in [0, 0.1) is 11.8 Å². The van der Waals surface area contributed by atoms with E-state index in [1.165, 1.54) is 113 Å². The summed E-state index contributed by atoms with van der Waals surface area (Å²) in [4.78, 5) is 2.64. The van der Waals surface area contributed by atoms with Gasteiger partial charge in [0.2, 0.25) is 0 Å². The van der Waals surface area contributed by atoms with Crippen LogP contribution < -0.4 is 4.90 Å². The smallest absolute Gasteiger partial charge is 0.0555 e. The second-order valence-corrected chi connectivity index (χ2v) is 17.4. The van der Waals surface area contributed by atoms with Crippen LogP contribution in [0.2, 0.25) is 0 Å². The highest BCUT2D eigenvalue weighted by atomic mass is 32.1. The number of hydrogen-bond donors (Lipinski definition) is 0. The van der Waals surface area contributed by atoms with Crippen LogP contribution in [0.1, 0.15) is 36.8 Å². The second kappa shape index (κ2) is 12.9. The molecule has 2 heteroatoms. The van der Waals surface area contributed by atoms with Crippen molar-refractivity contribution in [1.82, 2.24) is 0 Å². The van der Waals surface area contributed by atoms with Gasteiger partial charge in [0.1, 0.15) is 0 Å². The van der Waals surface area contributed by atoms with Crippen molar-refractivity contribution < 1.29 is 0 Å². The molecule has 3 aliphatic carbocycles. The summed E-state index contributed by atoms with van der Waals surface area (Å²) in [5, 5.41) is 2.62. The molecule has 0 aliphatic heterocycles. The first-order valence-corrected chi connectivity index (χ1v) is 21.4. The Kier molecular flexibility index (Phi) is 7.47. The van der Waals surface area contributed by atoms with Crippen LogP contribution in [0.5, 0.6) is 0 Å². The highest BCUT2D eigenvalue weighted by Gasteiger charge is 2.57. The van der Waals surface area contributed by atoms with E-state index >= 15 is 0 Å². The van der Waals surface area contributed by atoms with Gasteiger partial charge < -0.3 is 4.90 Å². The molecule has 1 heterocycles. The van der Waals surface area contributed by atoms with Gasteiger partial charge in [0.25, 0.3) is 0 Å². The fourth-order valence-electron chi connectivity index (χ4n) is 11.4. The summed E-state index contributed by atoms with van der Waals surface area (Å²) in [5.74, 6) is 1.51. The van der Waals surface area contributed by atoms with Gasteiger partial charge >= 0.3 is 0 Å². The van der Waals surface area contributed by atoms with Gasteiger partial charge in [-0.1, -0.05) is 164 Å². The Bertz CT molecular complexity index is 3010. The zero-order valence-electron chi connectivity index (χ0n) is 31.7. The zero-order valence-corrected chi connectivity index (χ0v) is 32.6. The summed E-state index contributed by atoms with van der Waals surface area (Å²) >= 11 is 1.89. The molecule has 12 rings (SSSR count). The Labute approximate surface area is 338 Å². The van der Waals surface area contributed by atoms with E-state index in [-0.39, 0.29) is 5.41 Å². The molecule has 0 radical (unpaired) electrons. The lowest BCUT2D eigenvalue weighted by molar-refractivity contribution is 0.327. The molecule has 3 atom stereocenters. The summed E-state index contributed by atoms with van der Waals surface area (Å²) in [7, 11) is 0. The van der Waals surface area contributed by atoms with Crippen LogP contribution in [0.3, 0.4) is 0 Å². The van der Waals surface area contributed by atoms with E-state index in [4.69, 9.17) is 0 Å². The monoisotopic (exact) mass is 747 g/mol. The lowest BCUT2D eigenvalue weighted by atomic mass is 9.67. The van der Waals surface area contributed by atoms with Crippen molar-refractivity contribution >= 4 is 48.6 Å². The van der Waals surface area contributed by atoms with E-state index in [1.807, 2.05) is 11.3 Å². The van der Waals surface area contributed by atoms with Crippen LogP contribution in [0.15, 0.2) is 188 Å². The summed E-state index contributed by atoms with van der Waals surface area (Å²) in [6, 6.07) is 70.4. The molecular weight excluding hydrogens is 707 g/mol. The predicted octanol–water partition coefficient (Wildman–Crippen LogP) is 15.6. The predicted molar refractivity (Wildman–Crippen MR) is 242 cm³/mol. The van der Waals surface area contributed by atoms with E-state index in [0.29, 0.717) is 5.92 Å². The number of thiophene rings is 1. The van der Waals surface area contributed by atoms with Gasteiger partial charge in [0, 0.05) is 36.7 Å². The van der Waals surface area contributed by atoms with E-state index in [0.717, 1.165) is 5.92 Å². The SMILES string of the molecule is c1ccc(-c2ccccc2-c2ccccc2-c2ccccc2N(c2cccc3c2-c2ccccc2C32CC3CCC2C3)c2cccc3sc4ccccc4c23)cc1. The lowest BCUT2D eigenvalue weighted by Crippen LogP contribution is -2.31. The number of hydrogen-bond acceptors (Lipinski definition) is 2. The first kappa shape index (κ1) is 33.0.